The molecule has 0 spiro atoms. The fourth-order valence-corrected chi connectivity index (χ4v) is 2.08. The Hall–Kier alpha value is -1.62. The van der Waals surface area contributed by atoms with E-state index in [1.807, 2.05) is 31.2 Å². The standard InChI is InChI=1S/C15H14BrF2NO/c1-10(11-2-4-12(16)5-3-11)19-13-6-8-14(9-7-13)20-15(17)18/h2-10,15,19H,1H3. The van der Waals surface area contributed by atoms with Crippen molar-refractivity contribution in [3.8, 4) is 5.75 Å². The van der Waals surface area contributed by atoms with Gasteiger partial charge in [-0.3, -0.25) is 0 Å². The number of hydrogen-bond donors (Lipinski definition) is 1. The van der Waals surface area contributed by atoms with Gasteiger partial charge >= 0.3 is 6.61 Å². The number of rotatable bonds is 5. The molecule has 20 heavy (non-hydrogen) atoms. The largest absolute Gasteiger partial charge is 0.435 e. The van der Waals surface area contributed by atoms with Crippen LogP contribution >= 0.6 is 15.9 Å². The van der Waals surface area contributed by atoms with E-state index < -0.39 is 6.61 Å². The molecule has 106 valence electrons. The molecule has 0 amide bonds. The maximum Gasteiger partial charge on any atom is 0.387 e. The molecule has 0 heterocycles. The highest BCUT2D eigenvalue weighted by Crippen LogP contribution is 2.23. The first-order valence-electron chi connectivity index (χ1n) is 6.11. The van der Waals surface area contributed by atoms with Gasteiger partial charge < -0.3 is 10.1 Å². The van der Waals surface area contributed by atoms with Gasteiger partial charge in [-0.25, -0.2) is 0 Å². The zero-order valence-electron chi connectivity index (χ0n) is 10.8. The molecule has 2 aromatic rings. The van der Waals surface area contributed by atoms with Crippen molar-refractivity contribution in [3.63, 3.8) is 0 Å². The van der Waals surface area contributed by atoms with Crippen LogP contribution in [0, 0.1) is 0 Å². The van der Waals surface area contributed by atoms with E-state index in [1.165, 1.54) is 12.1 Å². The third-order valence-corrected chi connectivity index (χ3v) is 3.36. The summed E-state index contributed by atoms with van der Waals surface area (Å²) in [7, 11) is 0. The summed E-state index contributed by atoms with van der Waals surface area (Å²) >= 11 is 3.39. The highest BCUT2D eigenvalue weighted by molar-refractivity contribution is 9.10. The molecule has 1 unspecified atom stereocenters. The Morgan fingerprint density at radius 3 is 2.15 bits per heavy atom. The summed E-state index contributed by atoms with van der Waals surface area (Å²) in [5.41, 5.74) is 1.99. The van der Waals surface area contributed by atoms with Gasteiger partial charge in [-0.2, -0.15) is 8.78 Å². The van der Waals surface area contributed by atoms with E-state index in [-0.39, 0.29) is 11.8 Å². The average molecular weight is 342 g/mol. The van der Waals surface area contributed by atoms with Crippen LogP contribution in [0.25, 0.3) is 0 Å². The lowest BCUT2D eigenvalue weighted by Crippen LogP contribution is -2.06. The topological polar surface area (TPSA) is 21.3 Å². The summed E-state index contributed by atoms with van der Waals surface area (Å²) in [5, 5.41) is 3.30. The second-order valence-electron chi connectivity index (χ2n) is 4.32. The van der Waals surface area contributed by atoms with Gasteiger partial charge in [0.05, 0.1) is 0 Å². The molecule has 0 radical (unpaired) electrons. The molecule has 5 heteroatoms. The van der Waals surface area contributed by atoms with Crippen LogP contribution < -0.4 is 10.1 Å². The number of ether oxygens (including phenoxy) is 1. The predicted molar refractivity (Wildman–Crippen MR) is 79.3 cm³/mol. The van der Waals surface area contributed by atoms with Crippen LogP contribution in [0.3, 0.4) is 0 Å². The highest BCUT2D eigenvalue weighted by Gasteiger charge is 2.07. The quantitative estimate of drug-likeness (QED) is 0.804. The minimum atomic E-state index is -2.80. The average Bonchev–Trinajstić information content (AvgIpc) is 2.41. The molecular weight excluding hydrogens is 328 g/mol. The van der Waals surface area contributed by atoms with Gasteiger partial charge in [-0.1, -0.05) is 28.1 Å². The van der Waals surface area contributed by atoms with Crippen LogP contribution in [0.4, 0.5) is 14.5 Å². The Morgan fingerprint density at radius 2 is 1.60 bits per heavy atom. The van der Waals surface area contributed by atoms with Crippen molar-refractivity contribution >= 4 is 21.6 Å². The second kappa shape index (κ2) is 6.70. The van der Waals surface area contributed by atoms with Gasteiger partial charge in [0.2, 0.25) is 0 Å². The Bertz CT molecular complexity index is 543. The van der Waals surface area contributed by atoms with E-state index in [1.54, 1.807) is 12.1 Å². The van der Waals surface area contributed by atoms with Crippen LogP contribution in [0.1, 0.15) is 18.5 Å². The third kappa shape index (κ3) is 4.20. The number of benzene rings is 2. The fraction of sp³-hybridized carbons (Fsp3) is 0.200. The first-order chi connectivity index (χ1) is 9.54. The molecule has 1 atom stereocenters. The van der Waals surface area contributed by atoms with Crippen LogP contribution in [0.5, 0.6) is 5.75 Å². The van der Waals surface area contributed by atoms with Gasteiger partial charge in [0.1, 0.15) is 5.75 Å². The van der Waals surface area contributed by atoms with E-state index in [9.17, 15) is 8.78 Å². The number of halogens is 3. The summed E-state index contributed by atoms with van der Waals surface area (Å²) in [6.07, 6.45) is 0. The highest BCUT2D eigenvalue weighted by atomic mass is 79.9. The van der Waals surface area contributed by atoms with Crippen molar-refractivity contribution in [2.24, 2.45) is 0 Å². The molecule has 0 aliphatic carbocycles. The number of nitrogens with one attached hydrogen (secondary N) is 1. The Morgan fingerprint density at radius 1 is 1.00 bits per heavy atom. The lowest BCUT2D eigenvalue weighted by molar-refractivity contribution is -0.0498. The number of anilines is 1. The molecule has 0 aliphatic heterocycles. The number of alkyl halides is 2. The molecule has 1 N–H and O–H groups in total. The molecule has 0 bridgehead atoms. The summed E-state index contributed by atoms with van der Waals surface area (Å²) in [6, 6.07) is 14.6. The lowest BCUT2D eigenvalue weighted by atomic mass is 10.1. The first kappa shape index (κ1) is 14.8. The predicted octanol–water partition coefficient (Wildman–Crippen LogP) is 5.22. The Kier molecular flexibility index (Phi) is 4.95. The van der Waals surface area contributed by atoms with E-state index >= 15 is 0 Å². The minimum absolute atomic E-state index is 0.116. The number of hydrogen-bond acceptors (Lipinski definition) is 2. The smallest absolute Gasteiger partial charge is 0.387 e. The van der Waals surface area contributed by atoms with Gasteiger partial charge in [0, 0.05) is 16.2 Å². The monoisotopic (exact) mass is 341 g/mol. The minimum Gasteiger partial charge on any atom is -0.435 e. The lowest BCUT2D eigenvalue weighted by Gasteiger charge is -2.16. The summed E-state index contributed by atoms with van der Waals surface area (Å²) in [6.45, 7) is -0.761. The summed E-state index contributed by atoms with van der Waals surface area (Å²) in [4.78, 5) is 0. The van der Waals surface area contributed by atoms with Crippen molar-refractivity contribution in [1.82, 2.24) is 0 Å². The fourth-order valence-electron chi connectivity index (χ4n) is 1.82. The molecule has 0 saturated heterocycles. The van der Waals surface area contributed by atoms with Crippen LogP contribution in [0.15, 0.2) is 53.0 Å². The molecule has 0 saturated carbocycles. The van der Waals surface area contributed by atoms with Crippen molar-refractivity contribution < 1.29 is 13.5 Å². The van der Waals surface area contributed by atoms with Crippen LogP contribution in [-0.4, -0.2) is 6.61 Å². The molecule has 0 aliphatic rings. The van der Waals surface area contributed by atoms with Crippen LogP contribution in [0.2, 0.25) is 0 Å². The van der Waals surface area contributed by atoms with E-state index in [0.717, 1.165) is 15.7 Å². The molecular formula is C15H14BrF2NO. The third-order valence-electron chi connectivity index (χ3n) is 2.83. The van der Waals surface area contributed by atoms with Crippen molar-refractivity contribution in [2.75, 3.05) is 5.32 Å². The van der Waals surface area contributed by atoms with Crippen molar-refractivity contribution in [1.29, 1.82) is 0 Å². The maximum atomic E-state index is 12.0. The van der Waals surface area contributed by atoms with E-state index in [0.29, 0.717) is 0 Å². The van der Waals surface area contributed by atoms with Crippen molar-refractivity contribution in [2.45, 2.75) is 19.6 Å². The molecule has 2 aromatic carbocycles. The van der Waals surface area contributed by atoms with Gasteiger partial charge in [-0.15, -0.1) is 0 Å². The Labute approximate surface area is 124 Å². The summed E-state index contributed by atoms with van der Waals surface area (Å²) < 4.78 is 29.4. The summed E-state index contributed by atoms with van der Waals surface area (Å²) in [5.74, 6) is 0.154. The van der Waals surface area contributed by atoms with Crippen molar-refractivity contribution in [3.05, 3.63) is 58.6 Å². The molecule has 2 nitrogen and oxygen atoms in total. The van der Waals surface area contributed by atoms with E-state index in [4.69, 9.17) is 0 Å². The Balaban J connectivity index is 2.00. The second-order valence-corrected chi connectivity index (χ2v) is 5.24. The zero-order chi connectivity index (χ0) is 14.5. The maximum absolute atomic E-state index is 12.0. The SMILES string of the molecule is CC(Nc1ccc(OC(F)F)cc1)c1ccc(Br)cc1. The zero-order valence-corrected chi connectivity index (χ0v) is 12.4. The van der Waals surface area contributed by atoms with E-state index in [2.05, 4.69) is 26.0 Å². The van der Waals surface area contributed by atoms with Gasteiger partial charge in [0.25, 0.3) is 0 Å². The molecule has 2 rings (SSSR count). The molecule has 0 aromatic heterocycles. The normalized spacial score (nSPS) is 12.2. The van der Waals surface area contributed by atoms with Gasteiger partial charge in [0.15, 0.2) is 0 Å². The molecule has 0 fully saturated rings. The first-order valence-corrected chi connectivity index (χ1v) is 6.91. The van der Waals surface area contributed by atoms with Gasteiger partial charge in [-0.05, 0) is 48.9 Å². The van der Waals surface area contributed by atoms with Crippen LogP contribution in [-0.2, 0) is 0 Å².